The second-order valence-electron chi connectivity index (χ2n) is 5.71. The minimum atomic E-state index is -0.220. The number of methoxy groups -OCH3 is 1. The number of carbonyl (C=O) groups excluding carboxylic acids is 2. The maximum absolute atomic E-state index is 12.2. The number of piperazine rings is 1. The van der Waals surface area contributed by atoms with Crippen LogP contribution in [0.15, 0.2) is 42.6 Å². The summed E-state index contributed by atoms with van der Waals surface area (Å²) in [7, 11) is 1.58. The molecule has 1 aromatic carbocycles. The maximum atomic E-state index is 12.2. The van der Waals surface area contributed by atoms with Crippen LogP contribution in [0.4, 0.5) is 11.5 Å². The number of ether oxygens (including phenoxy) is 1. The van der Waals surface area contributed by atoms with Crippen LogP contribution < -0.4 is 15.0 Å². The molecule has 2 heterocycles. The van der Waals surface area contributed by atoms with Gasteiger partial charge in [0.1, 0.15) is 11.6 Å². The molecule has 7 nitrogen and oxygen atoms in total. The van der Waals surface area contributed by atoms with E-state index in [0.29, 0.717) is 30.2 Å². The zero-order valence-corrected chi connectivity index (χ0v) is 14.0. The Bertz CT molecular complexity index is 723. The summed E-state index contributed by atoms with van der Waals surface area (Å²) in [5, 5.41) is 2.78. The van der Waals surface area contributed by atoms with Crippen LogP contribution in [0.25, 0.3) is 0 Å². The number of benzene rings is 1. The molecule has 130 valence electrons. The third kappa shape index (κ3) is 4.06. The molecule has 0 bridgehead atoms. The van der Waals surface area contributed by atoms with Crippen molar-refractivity contribution in [3.63, 3.8) is 0 Å². The Morgan fingerprint density at radius 2 is 1.84 bits per heavy atom. The highest BCUT2D eigenvalue weighted by molar-refractivity contribution is 6.03. The molecule has 0 atom stereocenters. The molecule has 1 fully saturated rings. The van der Waals surface area contributed by atoms with E-state index in [1.165, 1.54) is 0 Å². The molecule has 0 unspecified atom stereocenters. The van der Waals surface area contributed by atoms with E-state index in [4.69, 9.17) is 4.74 Å². The van der Waals surface area contributed by atoms with Gasteiger partial charge in [0.05, 0.1) is 19.0 Å². The van der Waals surface area contributed by atoms with Gasteiger partial charge in [0.2, 0.25) is 6.41 Å². The molecule has 1 saturated heterocycles. The predicted octanol–water partition coefficient (Wildman–Crippen LogP) is 1.62. The first-order valence-corrected chi connectivity index (χ1v) is 8.05. The van der Waals surface area contributed by atoms with E-state index in [-0.39, 0.29) is 5.91 Å². The van der Waals surface area contributed by atoms with Gasteiger partial charge in [0.15, 0.2) is 0 Å². The molecule has 1 aliphatic heterocycles. The van der Waals surface area contributed by atoms with Gasteiger partial charge < -0.3 is 19.9 Å². The van der Waals surface area contributed by atoms with Gasteiger partial charge in [-0.3, -0.25) is 9.59 Å². The van der Waals surface area contributed by atoms with Crippen LogP contribution in [0.2, 0.25) is 0 Å². The van der Waals surface area contributed by atoms with E-state index < -0.39 is 0 Å². The molecule has 1 N–H and O–H groups in total. The van der Waals surface area contributed by atoms with Crippen molar-refractivity contribution in [2.75, 3.05) is 43.5 Å². The smallest absolute Gasteiger partial charge is 0.256 e. The lowest BCUT2D eigenvalue weighted by atomic mass is 10.2. The SMILES string of the molecule is COc1ccc(C(=O)Nc2ccc(N3CCN(C=O)CC3)cn2)cc1. The van der Waals surface area contributed by atoms with Crippen molar-refractivity contribution in [3.8, 4) is 5.75 Å². The van der Waals surface area contributed by atoms with Gasteiger partial charge in [-0.15, -0.1) is 0 Å². The van der Waals surface area contributed by atoms with Gasteiger partial charge in [0.25, 0.3) is 5.91 Å². The fourth-order valence-corrected chi connectivity index (χ4v) is 2.66. The van der Waals surface area contributed by atoms with Crippen molar-refractivity contribution in [1.29, 1.82) is 0 Å². The first-order valence-electron chi connectivity index (χ1n) is 8.05. The number of nitrogens with one attached hydrogen (secondary N) is 1. The number of carbonyl (C=O) groups is 2. The third-order valence-corrected chi connectivity index (χ3v) is 4.17. The summed E-state index contributed by atoms with van der Waals surface area (Å²) in [4.78, 5) is 31.2. The molecule has 25 heavy (non-hydrogen) atoms. The topological polar surface area (TPSA) is 74.8 Å². The first-order chi connectivity index (χ1) is 12.2. The van der Waals surface area contributed by atoms with Gasteiger partial charge >= 0.3 is 0 Å². The molecular formula is C18H20N4O3. The number of amides is 2. The fourth-order valence-electron chi connectivity index (χ4n) is 2.66. The Kier molecular flexibility index (Phi) is 5.13. The van der Waals surface area contributed by atoms with Gasteiger partial charge in [0, 0.05) is 31.7 Å². The summed E-state index contributed by atoms with van der Waals surface area (Å²) in [5.41, 5.74) is 1.52. The van der Waals surface area contributed by atoms with E-state index in [0.717, 1.165) is 25.2 Å². The highest BCUT2D eigenvalue weighted by Gasteiger charge is 2.16. The lowest BCUT2D eigenvalue weighted by Crippen LogP contribution is -2.45. The zero-order valence-electron chi connectivity index (χ0n) is 14.0. The number of anilines is 2. The largest absolute Gasteiger partial charge is 0.497 e. The van der Waals surface area contributed by atoms with Crippen LogP contribution in [-0.4, -0.2) is 55.5 Å². The van der Waals surface area contributed by atoms with Crippen molar-refractivity contribution in [1.82, 2.24) is 9.88 Å². The second-order valence-corrected chi connectivity index (χ2v) is 5.71. The number of hydrogen-bond acceptors (Lipinski definition) is 5. The summed E-state index contributed by atoms with van der Waals surface area (Å²) >= 11 is 0. The summed E-state index contributed by atoms with van der Waals surface area (Å²) in [6.45, 7) is 2.97. The summed E-state index contributed by atoms with van der Waals surface area (Å²) in [6.07, 6.45) is 2.62. The quantitative estimate of drug-likeness (QED) is 0.837. The standard InChI is InChI=1S/C18H20N4O3/c1-25-16-5-2-14(3-6-16)18(24)20-17-7-4-15(12-19-17)22-10-8-21(13-23)9-11-22/h2-7,12-13H,8-11H2,1H3,(H,19,20,24). The molecule has 2 amide bonds. The number of hydrogen-bond donors (Lipinski definition) is 1. The van der Waals surface area contributed by atoms with E-state index in [2.05, 4.69) is 15.2 Å². The van der Waals surface area contributed by atoms with Gasteiger partial charge in [-0.2, -0.15) is 0 Å². The molecule has 3 rings (SSSR count). The van der Waals surface area contributed by atoms with Crippen LogP contribution in [0.5, 0.6) is 5.75 Å². The van der Waals surface area contributed by atoms with Crippen molar-refractivity contribution in [3.05, 3.63) is 48.2 Å². The van der Waals surface area contributed by atoms with E-state index in [1.807, 2.05) is 6.07 Å². The van der Waals surface area contributed by atoms with E-state index >= 15 is 0 Å². The predicted molar refractivity (Wildman–Crippen MR) is 95.0 cm³/mol. The fraction of sp³-hybridized carbons (Fsp3) is 0.278. The number of aromatic nitrogens is 1. The lowest BCUT2D eigenvalue weighted by molar-refractivity contribution is -0.118. The van der Waals surface area contributed by atoms with E-state index in [9.17, 15) is 9.59 Å². The highest BCUT2D eigenvalue weighted by Crippen LogP contribution is 2.18. The van der Waals surface area contributed by atoms with Crippen LogP contribution in [0.1, 0.15) is 10.4 Å². The van der Waals surface area contributed by atoms with E-state index in [1.54, 1.807) is 48.5 Å². The van der Waals surface area contributed by atoms with Crippen LogP contribution in [0, 0.1) is 0 Å². The normalized spacial score (nSPS) is 14.1. The Hall–Kier alpha value is -3.09. The maximum Gasteiger partial charge on any atom is 0.256 e. The van der Waals surface area contributed by atoms with Gasteiger partial charge in [-0.05, 0) is 36.4 Å². The average Bonchev–Trinajstić information content (AvgIpc) is 2.68. The molecule has 0 radical (unpaired) electrons. The average molecular weight is 340 g/mol. The Balaban J connectivity index is 1.60. The Labute approximate surface area is 146 Å². The minimum absolute atomic E-state index is 0.220. The second kappa shape index (κ2) is 7.65. The van der Waals surface area contributed by atoms with Crippen LogP contribution in [-0.2, 0) is 4.79 Å². The lowest BCUT2D eigenvalue weighted by Gasteiger charge is -2.33. The molecule has 0 spiro atoms. The molecule has 1 aromatic heterocycles. The van der Waals surface area contributed by atoms with Crippen molar-refractivity contribution in [2.45, 2.75) is 0 Å². The van der Waals surface area contributed by atoms with Gasteiger partial charge in [-0.25, -0.2) is 4.98 Å². The zero-order chi connectivity index (χ0) is 17.6. The minimum Gasteiger partial charge on any atom is -0.497 e. The number of nitrogens with zero attached hydrogens (tertiary/aromatic N) is 3. The molecule has 2 aromatic rings. The molecule has 1 aliphatic rings. The first kappa shape index (κ1) is 16.8. The summed E-state index contributed by atoms with van der Waals surface area (Å²) < 4.78 is 5.08. The van der Waals surface area contributed by atoms with Crippen molar-refractivity contribution in [2.24, 2.45) is 0 Å². The van der Waals surface area contributed by atoms with Crippen molar-refractivity contribution < 1.29 is 14.3 Å². The number of rotatable bonds is 5. The summed E-state index contributed by atoms with van der Waals surface area (Å²) in [6, 6.07) is 10.6. The summed E-state index contributed by atoms with van der Waals surface area (Å²) in [5.74, 6) is 0.979. The van der Waals surface area contributed by atoms with Crippen LogP contribution in [0.3, 0.4) is 0 Å². The molecule has 0 aliphatic carbocycles. The monoisotopic (exact) mass is 340 g/mol. The van der Waals surface area contributed by atoms with Crippen LogP contribution >= 0.6 is 0 Å². The third-order valence-electron chi connectivity index (χ3n) is 4.17. The Morgan fingerprint density at radius 1 is 1.12 bits per heavy atom. The van der Waals surface area contributed by atoms with Crippen molar-refractivity contribution >= 4 is 23.8 Å². The van der Waals surface area contributed by atoms with Gasteiger partial charge in [-0.1, -0.05) is 0 Å². The molecule has 0 saturated carbocycles. The molecular weight excluding hydrogens is 320 g/mol. The number of pyridine rings is 1. The molecule has 7 heteroatoms. The highest BCUT2D eigenvalue weighted by atomic mass is 16.5. The Morgan fingerprint density at radius 3 is 2.40 bits per heavy atom.